The van der Waals surface area contributed by atoms with Crippen LogP contribution in [0.1, 0.15) is 26.3 Å². The molecule has 0 bridgehead atoms. The predicted molar refractivity (Wildman–Crippen MR) is 108 cm³/mol. The van der Waals surface area contributed by atoms with Crippen LogP contribution in [-0.2, 0) is 0 Å². The molecule has 1 aromatic carbocycles. The van der Waals surface area contributed by atoms with Crippen molar-refractivity contribution in [1.82, 2.24) is 10.6 Å². The first-order valence-corrected chi connectivity index (χ1v) is 9.52. The second kappa shape index (κ2) is 9.91. The molecule has 2 amide bonds. The number of aliphatic hydroxyl groups is 2. The summed E-state index contributed by atoms with van der Waals surface area (Å²) >= 11 is 5.70. The van der Waals surface area contributed by atoms with Gasteiger partial charge in [-0.1, -0.05) is 0 Å². The third-order valence-electron chi connectivity index (χ3n) is 2.68. The van der Waals surface area contributed by atoms with E-state index in [1.165, 1.54) is 0 Å². The van der Waals surface area contributed by atoms with Gasteiger partial charge >= 0.3 is 0 Å². The minimum Gasteiger partial charge on any atom is -0.395 e. The number of hydrogen-bond acceptors (Lipinski definition) is 5. The highest BCUT2D eigenvalue weighted by atomic mass is 127. The molecule has 1 rings (SSSR count). The van der Waals surface area contributed by atoms with Gasteiger partial charge in [-0.3, -0.25) is 9.59 Å². The Morgan fingerprint density at radius 2 is 1.30 bits per heavy atom. The monoisotopic (exact) mass is 655 g/mol. The Morgan fingerprint density at radius 1 is 0.913 bits per heavy atom. The molecule has 0 atom stereocenters. The van der Waals surface area contributed by atoms with Gasteiger partial charge in [-0.25, -0.2) is 0 Å². The molecule has 4 N–H and O–H groups in total. The number of halogens is 3. The lowest BCUT2D eigenvalue weighted by Crippen LogP contribution is -2.32. The third-order valence-corrected chi connectivity index (χ3v) is 5.91. The van der Waals surface area contributed by atoms with Gasteiger partial charge in [0.05, 0.1) is 29.9 Å². The second-order valence-electron chi connectivity index (χ2n) is 4.14. The topological polar surface area (TPSA) is 122 Å². The number of rotatable bonds is 6. The van der Waals surface area contributed by atoms with Crippen LogP contribution in [0.5, 0.6) is 0 Å². The number of benzene rings is 1. The van der Waals surface area contributed by atoms with E-state index >= 15 is 0 Å². The molecule has 1 aromatic rings. The van der Waals surface area contributed by atoms with Gasteiger partial charge in [0.2, 0.25) is 0 Å². The predicted octanol–water partition coefficient (Wildman–Crippen LogP) is 0.816. The van der Waals surface area contributed by atoms with Crippen molar-refractivity contribution >= 4 is 79.6 Å². The molecule has 0 aliphatic carbocycles. The third kappa shape index (κ3) is 4.87. The van der Waals surface area contributed by atoms with Crippen molar-refractivity contribution < 1.29 is 19.8 Å². The van der Waals surface area contributed by atoms with Crippen LogP contribution in [0.4, 0.5) is 0 Å². The second-order valence-corrected chi connectivity index (χ2v) is 7.37. The van der Waals surface area contributed by atoms with Crippen LogP contribution < -0.4 is 10.6 Å². The molecular weight excluding hydrogens is 643 g/mol. The van der Waals surface area contributed by atoms with Crippen LogP contribution >= 0.6 is 67.8 Å². The van der Waals surface area contributed by atoms with Crippen LogP contribution in [0.15, 0.2) is 0 Å². The number of hydrogen-bond donors (Lipinski definition) is 4. The van der Waals surface area contributed by atoms with Crippen LogP contribution in [0.2, 0.25) is 0 Å². The number of aliphatic hydroxyl groups excluding tert-OH is 2. The maximum absolute atomic E-state index is 12.3. The molecule has 0 aromatic heterocycles. The van der Waals surface area contributed by atoms with E-state index in [1.54, 1.807) is 0 Å². The fourth-order valence-electron chi connectivity index (χ4n) is 1.68. The highest BCUT2D eigenvalue weighted by molar-refractivity contribution is 14.1. The van der Waals surface area contributed by atoms with Crippen molar-refractivity contribution in [1.29, 1.82) is 5.26 Å². The fraction of sp³-hybridized carbons (Fsp3) is 0.308. The normalized spacial score (nSPS) is 10.1. The summed E-state index contributed by atoms with van der Waals surface area (Å²) in [5.74, 6) is -0.922. The zero-order valence-electron chi connectivity index (χ0n) is 11.6. The first kappa shape index (κ1) is 20.8. The van der Waals surface area contributed by atoms with Crippen molar-refractivity contribution in [2.24, 2.45) is 0 Å². The van der Waals surface area contributed by atoms with Gasteiger partial charge in [-0.05, 0) is 67.8 Å². The Hall–Kier alpha value is -0.240. The molecule has 10 heteroatoms. The first-order valence-electron chi connectivity index (χ1n) is 6.29. The zero-order valence-corrected chi connectivity index (χ0v) is 18.1. The molecule has 0 spiro atoms. The van der Waals surface area contributed by atoms with Crippen molar-refractivity contribution in [2.45, 2.75) is 0 Å². The Bertz CT molecular complexity index is 626. The summed E-state index contributed by atoms with van der Waals surface area (Å²) in [5, 5.41) is 32.1. The number of nitriles is 1. The summed E-state index contributed by atoms with van der Waals surface area (Å²) in [5.41, 5.74) is 0.700. The number of carbonyl (C=O) groups excluding carboxylic acids is 2. The molecule has 7 nitrogen and oxygen atoms in total. The average molecular weight is 655 g/mol. The van der Waals surface area contributed by atoms with Crippen molar-refractivity contribution in [3.63, 3.8) is 0 Å². The number of nitrogens with zero attached hydrogens (tertiary/aromatic N) is 1. The molecule has 0 aliphatic rings. The molecule has 0 heterocycles. The summed E-state index contributed by atoms with van der Waals surface area (Å²) in [6.45, 7) is -0.272. The van der Waals surface area contributed by atoms with E-state index in [0.717, 1.165) is 0 Å². The first-order chi connectivity index (χ1) is 10.9. The standard InChI is InChI=1S/C13H12I3N3O4/c14-9-6(5-17)10(15)8(13(23)19-2-4-21)11(16)7(9)12(22)18-1-3-20/h20-21H,1-4H2,(H,18,22)(H,19,23). The Kier molecular flexibility index (Phi) is 8.97. The molecule has 0 fully saturated rings. The molecule has 0 radical (unpaired) electrons. The molecule has 0 unspecified atom stereocenters. The van der Waals surface area contributed by atoms with Gasteiger partial charge in [0.15, 0.2) is 0 Å². The van der Waals surface area contributed by atoms with Gasteiger partial charge in [-0.2, -0.15) is 5.26 Å². The van der Waals surface area contributed by atoms with E-state index in [-0.39, 0.29) is 43.0 Å². The van der Waals surface area contributed by atoms with Gasteiger partial charge in [0.1, 0.15) is 6.07 Å². The quantitative estimate of drug-likeness (QED) is 0.339. The Morgan fingerprint density at radius 3 is 1.61 bits per heavy atom. The lowest BCUT2D eigenvalue weighted by atomic mass is 10.0. The van der Waals surface area contributed by atoms with Crippen molar-refractivity contribution in [2.75, 3.05) is 26.3 Å². The van der Waals surface area contributed by atoms with Gasteiger partial charge in [0.25, 0.3) is 11.8 Å². The summed E-state index contributed by atoms with van der Waals surface area (Å²) < 4.78 is 1.32. The van der Waals surface area contributed by atoms with Crippen LogP contribution in [0.25, 0.3) is 0 Å². The summed E-state index contributed by atoms with van der Waals surface area (Å²) in [4.78, 5) is 24.6. The summed E-state index contributed by atoms with van der Waals surface area (Å²) in [6, 6.07) is 2.02. The molecule has 23 heavy (non-hydrogen) atoms. The van der Waals surface area contributed by atoms with Crippen LogP contribution in [-0.4, -0.2) is 48.3 Å². The number of carbonyl (C=O) groups is 2. The lowest BCUT2D eigenvalue weighted by Gasteiger charge is -2.16. The molecular formula is C13H12I3N3O4. The fourth-order valence-corrected chi connectivity index (χ4v) is 6.06. The van der Waals surface area contributed by atoms with E-state index in [2.05, 4.69) is 10.6 Å². The lowest BCUT2D eigenvalue weighted by molar-refractivity contribution is 0.0941. The molecule has 0 saturated carbocycles. The summed E-state index contributed by atoms with van der Waals surface area (Å²) in [7, 11) is 0. The van der Waals surface area contributed by atoms with Crippen LogP contribution in [0.3, 0.4) is 0 Å². The van der Waals surface area contributed by atoms with E-state index in [0.29, 0.717) is 10.7 Å². The maximum atomic E-state index is 12.3. The average Bonchev–Trinajstić information content (AvgIpc) is 2.51. The Labute approximate surface area is 173 Å². The van der Waals surface area contributed by atoms with Gasteiger partial charge < -0.3 is 20.8 Å². The molecule has 0 saturated heterocycles. The highest BCUT2D eigenvalue weighted by Gasteiger charge is 2.27. The van der Waals surface area contributed by atoms with E-state index < -0.39 is 11.8 Å². The molecule has 124 valence electrons. The van der Waals surface area contributed by atoms with E-state index in [4.69, 9.17) is 10.2 Å². The zero-order chi connectivity index (χ0) is 17.6. The van der Waals surface area contributed by atoms with E-state index in [9.17, 15) is 14.9 Å². The largest absolute Gasteiger partial charge is 0.395 e. The van der Waals surface area contributed by atoms with Gasteiger partial charge in [-0.15, -0.1) is 0 Å². The highest BCUT2D eigenvalue weighted by Crippen LogP contribution is 2.31. The number of amides is 2. The smallest absolute Gasteiger partial charge is 0.253 e. The number of nitrogens with one attached hydrogen (secondary N) is 2. The van der Waals surface area contributed by atoms with Gasteiger partial charge in [0, 0.05) is 23.8 Å². The molecule has 0 aliphatic heterocycles. The van der Waals surface area contributed by atoms with Crippen molar-refractivity contribution in [3.05, 3.63) is 27.4 Å². The van der Waals surface area contributed by atoms with Crippen molar-refractivity contribution in [3.8, 4) is 6.07 Å². The van der Waals surface area contributed by atoms with Crippen LogP contribution in [0, 0.1) is 22.0 Å². The Balaban J connectivity index is 3.50. The minimum atomic E-state index is -0.461. The maximum Gasteiger partial charge on any atom is 0.253 e. The minimum absolute atomic E-state index is 0.0743. The summed E-state index contributed by atoms with van der Waals surface area (Å²) in [6.07, 6.45) is 0. The van der Waals surface area contributed by atoms with E-state index in [1.807, 2.05) is 73.8 Å². The SMILES string of the molecule is N#Cc1c(I)c(C(=O)NCCO)c(I)c(C(=O)NCCO)c1I.